The molecule has 1 aromatic rings. The van der Waals surface area contributed by atoms with Crippen LogP contribution in [-0.2, 0) is 33.7 Å². The summed E-state index contributed by atoms with van der Waals surface area (Å²) in [4.78, 5) is 0.314. The number of nitrogen functional groups attached to an aromatic ring is 1. The highest BCUT2D eigenvalue weighted by Crippen LogP contribution is 2.28. The number of sulfonamides is 1. The second kappa shape index (κ2) is 6.46. The molecule has 21 heavy (non-hydrogen) atoms. The van der Waals surface area contributed by atoms with E-state index >= 15 is 0 Å². The molecule has 1 saturated heterocycles. The Balaban J connectivity index is 2.48. The predicted octanol–water partition coefficient (Wildman–Crippen LogP) is 1.15. The van der Waals surface area contributed by atoms with Crippen LogP contribution in [0.5, 0.6) is 0 Å². The van der Waals surface area contributed by atoms with E-state index in [0.29, 0.717) is 47.2 Å². The Morgan fingerprint density at radius 2 is 1.81 bits per heavy atom. The van der Waals surface area contributed by atoms with Crippen molar-refractivity contribution in [1.29, 1.82) is 0 Å². The topological polar surface area (TPSA) is 80.5 Å². The summed E-state index contributed by atoms with van der Waals surface area (Å²) >= 11 is 0. The molecule has 0 aliphatic carbocycles. The summed E-state index contributed by atoms with van der Waals surface area (Å²) in [6.07, 6.45) is 1.31. The van der Waals surface area contributed by atoms with Crippen LogP contribution < -0.4 is 5.73 Å². The van der Waals surface area contributed by atoms with E-state index in [9.17, 15) is 12.6 Å². The third-order valence-corrected chi connectivity index (χ3v) is 7.06. The van der Waals surface area contributed by atoms with Gasteiger partial charge in [-0.1, -0.05) is 13.8 Å². The fourth-order valence-corrected chi connectivity index (χ4v) is 5.64. The van der Waals surface area contributed by atoms with E-state index in [2.05, 4.69) is 0 Å². The molecule has 0 radical (unpaired) electrons. The first kappa shape index (κ1) is 16.5. The molecule has 1 aliphatic rings. The normalized spacial score (nSPS) is 18.0. The van der Waals surface area contributed by atoms with Crippen LogP contribution in [-0.4, -0.2) is 41.5 Å². The summed E-state index contributed by atoms with van der Waals surface area (Å²) < 4.78 is 38.6. The Labute approximate surface area is 129 Å². The highest BCUT2D eigenvalue weighted by Gasteiger charge is 2.30. The van der Waals surface area contributed by atoms with E-state index in [-0.39, 0.29) is 0 Å². The van der Waals surface area contributed by atoms with Crippen molar-refractivity contribution >= 4 is 26.5 Å². The fourth-order valence-electron chi connectivity index (χ4n) is 2.54. The number of nitrogens with zero attached hydrogens (tertiary/aromatic N) is 1. The van der Waals surface area contributed by atoms with Gasteiger partial charge < -0.3 is 5.73 Å². The summed E-state index contributed by atoms with van der Waals surface area (Å²) in [5, 5.41) is 0. The van der Waals surface area contributed by atoms with E-state index in [4.69, 9.17) is 5.73 Å². The van der Waals surface area contributed by atoms with E-state index in [0.717, 1.165) is 12.0 Å². The molecule has 0 amide bonds. The van der Waals surface area contributed by atoms with Gasteiger partial charge in [0.05, 0.1) is 4.90 Å². The van der Waals surface area contributed by atoms with Crippen molar-refractivity contribution in [2.24, 2.45) is 0 Å². The second-order valence-corrected chi connectivity index (χ2v) is 8.72. The first-order valence-corrected chi connectivity index (χ1v) is 10.1. The Morgan fingerprint density at radius 1 is 1.19 bits per heavy atom. The van der Waals surface area contributed by atoms with Gasteiger partial charge in [-0.05, 0) is 36.1 Å². The molecule has 0 aromatic heterocycles. The highest BCUT2D eigenvalue weighted by atomic mass is 32.2. The minimum atomic E-state index is -3.56. The molecule has 1 aliphatic heterocycles. The Morgan fingerprint density at radius 3 is 2.33 bits per heavy atom. The number of aryl methyl sites for hydroxylation is 1. The number of anilines is 1. The molecule has 118 valence electrons. The Kier molecular flexibility index (Phi) is 5.06. The van der Waals surface area contributed by atoms with Crippen LogP contribution in [0.3, 0.4) is 0 Å². The molecule has 1 heterocycles. The summed E-state index contributed by atoms with van der Waals surface area (Å²) in [5.41, 5.74) is 8.16. The van der Waals surface area contributed by atoms with Gasteiger partial charge in [0.1, 0.15) is 0 Å². The van der Waals surface area contributed by atoms with Crippen LogP contribution in [0.25, 0.3) is 0 Å². The van der Waals surface area contributed by atoms with E-state index in [1.54, 1.807) is 6.07 Å². The molecule has 0 atom stereocenters. The molecule has 1 aromatic carbocycles. The molecule has 0 bridgehead atoms. The van der Waals surface area contributed by atoms with Gasteiger partial charge >= 0.3 is 0 Å². The SMILES string of the molecule is CCc1cc(N)c(CC)c(S(=O)(=O)N2CCS(=O)CC2)c1. The number of benzene rings is 1. The summed E-state index contributed by atoms with van der Waals surface area (Å²) in [5.74, 6) is 0.813. The van der Waals surface area contributed by atoms with E-state index < -0.39 is 20.8 Å². The molecule has 0 saturated carbocycles. The largest absolute Gasteiger partial charge is 0.398 e. The molecular weight excluding hydrogens is 308 g/mol. The van der Waals surface area contributed by atoms with Gasteiger partial charge in [0.25, 0.3) is 0 Å². The summed E-state index contributed by atoms with van der Waals surface area (Å²) in [6.45, 7) is 4.51. The lowest BCUT2D eigenvalue weighted by atomic mass is 10.1. The van der Waals surface area contributed by atoms with Crippen molar-refractivity contribution in [1.82, 2.24) is 4.31 Å². The number of nitrogens with two attached hydrogens (primary N) is 1. The number of hydrogen-bond acceptors (Lipinski definition) is 4. The van der Waals surface area contributed by atoms with Crippen LogP contribution >= 0.6 is 0 Å². The highest BCUT2D eigenvalue weighted by molar-refractivity contribution is 7.89. The molecular formula is C14H22N2O3S2. The van der Waals surface area contributed by atoms with Gasteiger partial charge in [-0.3, -0.25) is 4.21 Å². The number of hydrogen-bond donors (Lipinski definition) is 1. The first-order valence-electron chi connectivity index (χ1n) is 7.16. The second-order valence-electron chi connectivity index (χ2n) is 5.12. The van der Waals surface area contributed by atoms with Crippen molar-refractivity contribution in [2.75, 3.05) is 30.3 Å². The van der Waals surface area contributed by atoms with E-state index in [1.165, 1.54) is 4.31 Å². The average molecular weight is 330 g/mol. The third kappa shape index (κ3) is 3.30. The third-order valence-electron chi connectivity index (χ3n) is 3.82. The lowest BCUT2D eigenvalue weighted by Gasteiger charge is -2.27. The minimum absolute atomic E-state index is 0.314. The van der Waals surface area contributed by atoms with Crippen LogP contribution in [0.1, 0.15) is 25.0 Å². The van der Waals surface area contributed by atoms with Crippen LogP contribution in [0.4, 0.5) is 5.69 Å². The molecule has 5 nitrogen and oxygen atoms in total. The zero-order chi connectivity index (χ0) is 15.6. The molecule has 1 fully saturated rings. The van der Waals surface area contributed by atoms with Crippen LogP contribution in [0.15, 0.2) is 17.0 Å². The van der Waals surface area contributed by atoms with Crippen molar-refractivity contribution in [3.63, 3.8) is 0 Å². The maximum absolute atomic E-state index is 12.9. The van der Waals surface area contributed by atoms with Gasteiger partial charge in [-0.2, -0.15) is 4.31 Å². The summed E-state index contributed by atoms with van der Waals surface area (Å²) in [6, 6.07) is 3.58. The van der Waals surface area contributed by atoms with Gasteiger partial charge in [-0.25, -0.2) is 8.42 Å². The first-order chi connectivity index (χ1) is 9.90. The van der Waals surface area contributed by atoms with Gasteiger partial charge in [0, 0.05) is 41.1 Å². The molecule has 0 spiro atoms. The minimum Gasteiger partial charge on any atom is -0.398 e. The fraction of sp³-hybridized carbons (Fsp3) is 0.571. The maximum atomic E-state index is 12.9. The predicted molar refractivity (Wildman–Crippen MR) is 86.2 cm³/mol. The molecule has 2 rings (SSSR count). The zero-order valence-corrected chi connectivity index (χ0v) is 14.1. The van der Waals surface area contributed by atoms with Gasteiger partial charge in [0.15, 0.2) is 0 Å². The molecule has 7 heteroatoms. The smallest absolute Gasteiger partial charge is 0.243 e. The van der Waals surface area contributed by atoms with Crippen molar-refractivity contribution in [3.05, 3.63) is 23.3 Å². The standard InChI is InChI=1S/C14H22N2O3S2/c1-3-11-9-13(15)12(4-2)14(10-11)21(18,19)16-5-7-20(17)8-6-16/h9-10H,3-8,15H2,1-2H3. The average Bonchev–Trinajstić information content (AvgIpc) is 2.46. The molecule has 2 N–H and O–H groups in total. The lowest BCUT2D eigenvalue weighted by molar-refractivity contribution is 0.438. The van der Waals surface area contributed by atoms with E-state index in [1.807, 2.05) is 19.9 Å². The van der Waals surface area contributed by atoms with Crippen molar-refractivity contribution in [3.8, 4) is 0 Å². The van der Waals surface area contributed by atoms with Crippen LogP contribution in [0.2, 0.25) is 0 Å². The monoisotopic (exact) mass is 330 g/mol. The lowest BCUT2D eigenvalue weighted by Crippen LogP contribution is -2.42. The van der Waals surface area contributed by atoms with Crippen LogP contribution in [0, 0.1) is 0 Å². The van der Waals surface area contributed by atoms with Crippen molar-refractivity contribution < 1.29 is 12.6 Å². The van der Waals surface area contributed by atoms with Gasteiger partial charge in [-0.15, -0.1) is 0 Å². The quantitative estimate of drug-likeness (QED) is 0.840. The maximum Gasteiger partial charge on any atom is 0.243 e. The van der Waals surface area contributed by atoms with Gasteiger partial charge in [0.2, 0.25) is 10.0 Å². The Bertz CT molecular complexity index is 646. The Hall–Kier alpha value is -0.920. The number of rotatable bonds is 4. The summed E-state index contributed by atoms with van der Waals surface area (Å²) in [7, 11) is -4.46. The molecule has 0 unspecified atom stereocenters. The van der Waals surface area contributed by atoms with Crippen molar-refractivity contribution in [2.45, 2.75) is 31.6 Å². The zero-order valence-electron chi connectivity index (χ0n) is 12.5.